The van der Waals surface area contributed by atoms with Crippen molar-refractivity contribution in [3.8, 4) is 0 Å². The third-order valence-electron chi connectivity index (χ3n) is 3.86. The molecule has 0 aromatic carbocycles. The van der Waals surface area contributed by atoms with Crippen LogP contribution in [0.25, 0.3) is 0 Å². The van der Waals surface area contributed by atoms with E-state index in [1.54, 1.807) is 0 Å². The number of allylic oxidation sites excluding steroid dienone is 12. The van der Waals surface area contributed by atoms with E-state index in [1.165, 1.54) is 0 Å². The van der Waals surface area contributed by atoms with Gasteiger partial charge in [0.15, 0.2) is 0 Å². The SMILES string of the molecule is CC/C=C/C/C=C/C/C=C/C/C=C/C/C=C/C/C=C/CC(CC)C(=O)O. The van der Waals surface area contributed by atoms with Crippen molar-refractivity contribution in [3.05, 3.63) is 72.9 Å². The van der Waals surface area contributed by atoms with E-state index in [0.29, 0.717) is 12.8 Å². The van der Waals surface area contributed by atoms with E-state index in [2.05, 4.69) is 67.7 Å². The largest absolute Gasteiger partial charge is 0.481 e. The fourth-order valence-electron chi connectivity index (χ4n) is 2.22. The molecule has 0 fully saturated rings. The Kier molecular flexibility index (Phi) is 17.7. The zero-order chi connectivity index (χ0) is 19.3. The van der Waals surface area contributed by atoms with E-state index >= 15 is 0 Å². The zero-order valence-electron chi connectivity index (χ0n) is 16.5. The Labute approximate surface area is 160 Å². The maximum Gasteiger partial charge on any atom is 0.306 e. The molecule has 0 radical (unpaired) electrons. The molecule has 0 spiro atoms. The third kappa shape index (κ3) is 16.8. The van der Waals surface area contributed by atoms with Gasteiger partial charge >= 0.3 is 5.97 Å². The monoisotopic (exact) mass is 356 g/mol. The average molecular weight is 357 g/mol. The highest BCUT2D eigenvalue weighted by Gasteiger charge is 2.11. The molecule has 1 N–H and O–H groups in total. The van der Waals surface area contributed by atoms with E-state index in [-0.39, 0.29) is 5.92 Å². The summed E-state index contributed by atoms with van der Waals surface area (Å²) >= 11 is 0. The van der Waals surface area contributed by atoms with Gasteiger partial charge in [-0.1, -0.05) is 86.8 Å². The fraction of sp³-hybridized carbons (Fsp3) is 0.458. The molecule has 0 aromatic rings. The molecule has 0 aliphatic heterocycles. The van der Waals surface area contributed by atoms with Crippen LogP contribution in [0.3, 0.4) is 0 Å². The van der Waals surface area contributed by atoms with Crippen LogP contribution in [-0.4, -0.2) is 11.1 Å². The summed E-state index contributed by atoms with van der Waals surface area (Å²) in [5, 5.41) is 8.95. The Bertz CT molecular complexity index is 504. The minimum Gasteiger partial charge on any atom is -0.481 e. The number of hydrogen-bond acceptors (Lipinski definition) is 1. The summed E-state index contributed by atoms with van der Waals surface area (Å²) in [4.78, 5) is 10.9. The molecule has 0 bridgehead atoms. The normalized spacial score (nSPS) is 14.2. The van der Waals surface area contributed by atoms with Gasteiger partial charge in [-0.05, 0) is 51.4 Å². The highest BCUT2D eigenvalue weighted by Crippen LogP contribution is 2.09. The maximum absolute atomic E-state index is 10.9. The number of aliphatic carboxylic acids is 1. The topological polar surface area (TPSA) is 37.3 Å². The van der Waals surface area contributed by atoms with Crippen LogP contribution in [0.15, 0.2) is 72.9 Å². The number of hydrogen-bond donors (Lipinski definition) is 1. The first kappa shape index (κ1) is 23.9. The summed E-state index contributed by atoms with van der Waals surface area (Å²) in [5.74, 6) is -0.952. The highest BCUT2D eigenvalue weighted by molar-refractivity contribution is 5.70. The smallest absolute Gasteiger partial charge is 0.306 e. The standard InChI is InChI=1S/C24H36O2/c1-3-5-6-7-8-9-10-11-12-13-14-15-16-17-18-19-20-21-22-23(4-2)24(25)26/h5-6,8-9,11-12,14-15,17-18,20-21,23H,3-4,7,10,13,16,19,22H2,1-2H3,(H,25,26)/b6-5+,9-8+,12-11+,15-14+,18-17+,21-20+. The second-order valence-electron chi connectivity index (χ2n) is 6.09. The summed E-state index contributed by atoms with van der Waals surface area (Å²) in [5.41, 5.74) is 0. The van der Waals surface area contributed by atoms with Gasteiger partial charge in [0, 0.05) is 0 Å². The molecule has 1 atom stereocenters. The van der Waals surface area contributed by atoms with Gasteiger partial charge in [-0.25, -0.2) is 0 Å². The predicted molar refractivity (Wildman–Crippen MR) is 114 cm³/mol. The molecule has 2 heteroatoms. The second kappa shape index (κ2) is 19.2. The van der Waals surface area contributed by atoms with Crippen LogP contribution in [0.5, 0.6) is 0 Å². The molecule has 1 unspecified atom stereocenters. The lowest BCUT2D eigenvalue weighted by atomic mass is 10.0. The van der Waals surface area contributed by atoms with Crippen molar-refractivity contribution in [1.29, 1.82) is 0 Å². The van der Waals surface area contributed by atoms with Gasteiger partial charge in [0.05, 0.1) is 5.92 Å². The van der Waals surface area contributed by atoms with Crippen molar-refractivity contribution in [2.45, 2.75) is 65.2 Å². The van der Waals surface area contributed by atoms with Crippen molar-refractivity contribution in [2.24, 2.45) is 5.92 Å². The van der Waals surface area contributed by atoms with E-state index in [9.17, 15) is 4.79 Å². The molecule has 26 heavy (non-hydrogen) atoms. The second-order valence-corrected chi connectivity index (χ2v) is 6.09. The van der Waals surface area contributed by atoms with Gasteiger partial charge in [-0.3, -0.25) is 4.79 Å². The highest BCUT2D eigenvalue weighted by atomic mass is 16.4. The number of rotatable bonds is 15. The molecule has 0 saturated carbocycles. The van der Waals surface area contributed by atoms with Crippen molar-refractivity contribution >= 4 is 5.97 Å². The number of carboxylic acid groups (broad SMARTS) is 1. The van der Waals surface area contributed by atoms with Gasteiger partial charge < -0.3 is 5.11 Å². The first-order valence-electron chi connectivity index (χ1n) is 9.85. The Morgan fingerprint density at radius 1 is 0.654 bits per heavy atom. The van der Waals surface area contributed by atoms with Gasteiger partial charge in [0.1, 0.15) is 0 Å². The third-order valence-corrected chi connectivity index (χ3v) is 3.86. The molecule has 0 aromatic heterocycles. The van der Waals surface area contributed by atoms with Crippen LogP contribution >= 0.6 is 0 Å². The summed E-state index contributed by atoms with van der Waals surface area (Å²) in [6.45, 7) is 4.06. The average Bonchev–Trinajstić information content (AvgIpc) is 2.63. The van der Waals surface area contributed by atoms with Crippen LogP contribution in [0.1, 0.15) is 65.2 Å². The van der Waals surface area contributed by atoms with Crippen LogP contribution in [0.4, 0.5) is 0 Å². The number of carboxylic acids is 1. The van der Waals surface area contributed by atoms with Crippen LogP contribution in [-0.2, 0) is 4.79 Å². The van der Waals surface area contributed by atoms with Crippen LogP contribution < -0.4 is 0 Å². The molecule has 2 nitrogen and oxygen atoms in total. The van der Waals surface area contributed by atoms with Crippen molar-refractivity contribution in [2.75, 3.05) is 0 Å². The van der Waals surface area contributed by atoms with E-state index in [0.717, 1.165) is 38.5 Å². The molecule has 0 saturated heterocycles. The Morgan fingerprint density at radius 2 is 1.00 bits per heavy atom. The molecule has 0 rings (SSSR count). The quantitative estimate of drug-likeness (QED) is 0.315. The minimum absolute atomic E-state index is 0.250. The van der Waals surface area contributed by atoms with Crippen molar-refractivity contribution < 1.29 is 9.90 Å². The van der Waals surface area contributed by atoms with Gasteiger partial charge in [0.25, 0.3) is 0 Å². The molecule has 0 amide bonds. The van der Waals surface area contributed by atoms with Crippen LogP contribution in [0, 0.1) is 5.92 Å². The molecular weight excluding hydrogens is 320 g/mol. The molecule has 0 heterocycles. The summed E-state index contributed by atoms with van der Waals surface area (Å²) in [6.07, 6.45) is 33.1. The van der Waals surface area contributed by atoms with E-state index < -0.39 is 5.97 Å². The minimum atomic E-state index is -0.702. The lowest BCUT2D eigenvalue weighted by Crippen LogP contribution is -2.11. The first-order chi connectivity index (χ1) is 12.7. The van der Waals surface area contributed by atoms with Gasteiger partial charge in [-0.2, -0.15) is 0 Å². The van der Waals surface area contributed by atoms with E-state index in [1.807, 2.05) is 19.1 Å². The molecule has 0 aliphatic carbocycles. The Morgan fingerprint density at radius 3 is 1.31 bits per heavy atom. The van der Waals surface area contributed by atoms with Crippen molar-refractivity contribution in [3.63, 3.8) is 0 Å². The fourth-order valence-corrected chi connectivity index (χ4v) is 2.22. The van der Waals surface area contributed by atoms with Crippen LogP contribution in [0.2, 0.25) is 0 Å². The summed E-state index contributed by atoms with van der Waals surface area (Å²) in [6, 6.07) is 0. The van der Waals surface area contributed by atoms with Gasteiger partial charge in [-0.15, -0.1) is 0 Å². The molecule has 0 aliphatic rings. The lowest BCUT2D eigenvalue weighted by molar-refractivity contribution is -0.141. The Balaban J connectivity index is 3.65. The zero-order valence-corrected chi connectivity index (χ0v) is 16.5. The first-order valence-corrected chi connectivity index (χ1v) is 9.85. The molecular formula is C24H36O2. The summed E-state index contributed by atoms with van der Waals surface area (Å²) in [7, 11) is 0. The number of carbonyl (C=O) groups is 1. The molecule has 144 valence electrons. The summed E-state index contributed by atoms with van der Waals surface area (Å²) < 4.78 is 0. The predicted octanol–water partition coefficient (Wildman–Crippen LogP) is 7.19. The Hall–Kier alpha value is -2.09. The van der Waals surface area contributed by atoms with Crippen molar-refractivity contribution in [1.82, 2.24) is 0 Å². The van der Waals surface area contributed by atoms with E-state index in [4.69, 9.17) is 5.11 Å². The van der Waals surface area contributed by atoms with Gasteiger partial charge in [0.2, 0.25) is 0 Å². The lowest BCUT2D eigenvalue weighted by Gasteiger charge is -2.04. The maximum atomic E-state index is 10.9.